The molecule has 0 saturated carbocycles. The van der Waals surface area contributed by atoms with Gasteiger partial charge in [-0.15, -0.1) is 0 Å². The van der Waals surface area contributed by atoms with Gasteiger partial charge in [0.2, 0.25) is 0 Å². The molecular weight excluding hydrogens is 254 g/mol. The van der Waals surface area contributed by atoms with E-state index in [2.05, 4.69) is 69.5 Å². The van der Waals surface area contributed by atoms with Crippen LogP contribution in [-0.2, 0) is 6.54 Å². The molecule has 21 heavy (non-hydrogen) atoms. The third kappa shape index (κ3) is 4.71. The van der Waals surface area contributed by atoms with Crippen molar-refractivity contribution in [3.63, 3.8) is 0 Å². The molecule has 3 atom stereocenters. The maximum atomic E-state index is 4.12. The van der Waals surface area contributed by atoms with Gasteiger partial charge in [0, 0.05) is 24.8 Å². The molecule has 0 fully saturated rings. The molecule has 1 unspecified atom stereocenters. The standard InChI is InChI=1S/C20H27N/c1-16(2)13-19-11-8-12-20(14-17(3)4)21(19)15-18-9-6-5-7-10-18/h5-11,19-20H,1,3,12-15H2,2,4H3/p+1/t19-,20+/m0/s1. The normalized spacial score (nSPS) is 24.8. The maximum Gasteiger partial charge on any atom is 0.110 e. The Balaban J connectivity index is 2.19. The van der Waals surface area contributed by atoms with Crippen LogP contribution in [0.1, 0.15) is 38.7 Å². The van der Waals surface area contributed by atoms with Crippen molar-refractivity contribution >= 4 is 0 Å². The fourth-order valence-corrected chi connectivity index (χ4v) is 3.30. The minimum absolute atomic E-state index is 0.542. The van der Waals surface area contributed by atoms with E-state index < -0.39 is 0 Å². The summed E-state index contributed by atoms with van der Waals surface area (Å²) < 4.78 is 0. The molecule has 0 saturated heterocycles. The van der Waals surface area contributed by atoms with Crippen molar-refractivity contribution in [1.29, 1.82) is 0 Å². The predicted molar refractivity (Wildman–Crippen MR) is 91.3 cm³/mol. The van der Waals surface area contributed by atoms with Gasteiger partial charge in [-0.1, -0.05) is 60.7 Å². The fourth-order valence-electron chi connectivity index (χ4n) is 3.30. The first kappa shape index (κ1) is 15.8. The molecule has 0 spiro atoms. The van der Waals surface area contributed by atoms with E-state index in [9.17, 15) is 0 Å². The van der Waals surface area contributed by atoms with Crippen molar-refractivity contribution in [1.82, 2.24) is 0 Å². The molecule has 0 radical (unpaired) electrons. The van der Waals surface area contributed by atoms with E-state index in [1.807, 2.05) is 0 Å². The van der Waals surface area contributed by atoms with Crippen molar-refractivity contribution in [2.45, 2.75) is 51.7 Å². The number of benzene rings is 1. The first-order valence-electron chi connectivity index (χ1n) is 7.91. The van der Waals surface area contributed by atoms with Crippen LogP contribution in [0, 0.1) is 0 Å². The summed E-state index contributed by atoms with van der Waals surface area (Å²) in [5.74, 6) is 0. The SMILES string of the molecule is C=C(C)C[C@H]1CC=C[C@@H](CC(=C)C)[NH+]1Cc1ccccc1. The van der Waals surface area contributed by atoms with Gasteiger partial charge < -0.3 is 4.90 Å². The number of hydrogen-bond donors (Lipinski definition) is 1. The number of hydrogen-bond acceptors (Lipinski definition) is 0. The molecule has 2 rings (SSSR count). The molecule has 112 valence electrons. The molecule has 1 nitrogen and oxygen atoms in total. The largest absolute Gasteiger partial charge is 0.322 e. The minimum Gasteiger partial charge on any atom is -0.322 e. The van der Waals surface area contributed by atoms with Crippen molar-refractivity contribution in [3.8, 4) is 0 Å². The van der Waals surface area contributed by atoms with Crippen LogP contribution in [0.5, 0.6) is 0 Å². The van der Waals surface area contributed by atoms with Crippen LogP contribution in [0.15, 0.2) is 66.8 Å². The van der Waals surface area contributed by atoms with Crippen LogP contribution in [0.2, 0.25) is 0 Å². The molecule has 0 bridgehead atoms. The summed E-state index contributed by atoms with van der Waals surface area (Å²) in [5, 5.41) is 0. The highest BCUT2D eigenvalue weighted by Crippen LogP contribution is 2.13. The van der Waals surface area contributed by atoms with Gasteiger partial charge in [0.25, 0.3) is 0 Å². The second-order valence-corrected chi connectivity index (χ2v) is 6.53. The third-order valence-corrected chi connectivity index (χ3v) is 4.20. The summed E-state index contributed by atoms with van der Waals surface area (Å²) in [6.07, 6.45) is 8.09. The van der Waals surface area contributed by atoms with E-state index in [0.29, 0.717) is 12.1 Å². The quantitative estimate of drug-likeness (QED) is 0.759. The van der Waals surface area contributed by atoms with E-state index in [1.165, 1.54) is 16.7 Å². The lowest BCUT2D eigenvalue weighted by Gasteiger charge is -2.36. The van der Waals surface area contributed by atoms with Gasteiger partial charge in [-0.05, 0) is 19.9 Å². The lowest BCUT2D eigenvalue weighted by Crippen LogP contribution is -3.18. The Bertz CT molecular complexity index is 512. The lowest BCUT2D eigenvalue weighted by atomic mass is 9.93. The van der Waals surface area contributed by atoms with Crippen LogP contribution in [0.3, 0.4) is 0 Å². The number of quaternary nitrogens is 1. The predicted octanol–water partition coefficient (Wildman–Crippen LogP) is 3.70. The molecule has 0 aromatic heterocycles. The summed E-state index contributed by atoms with van der Waals surface area (Å²) in [6, 6.07) is 12.0. The molecule has 0 amide bonds. The Hall–Kier alpha value is -1.60. The van der Waals surface area contributed by atoms with E-state index >= 15 is 0 Å². The summed E-state index contributed by atoms with van der Waals surface area (Å²) in [4.78, 5) is 1.66. The molecule has 1 heterocycles. The Morgan fingerprint density at radius 1 is 1.10 bits per heavy atom. The molecule has 1 aromatic rings. The van der Waals surface area contributed by atoms with Gasteiger partial charge in [0.1, 0.15) is 12.6 Å². The number of rotatable bonds is 6. The van der Waals surface area contributed by atoms with Gasteiger partial charge in [0.05, 0.1) is 6.04 Å². The second kappa shape index (κ2) is 7.42. The van der Waals surface area contributed by atoms with E-state index in [4.69, 9.17) is 0 Å². The summed E-state index contributed by atoms with van der Waals surface area (Å²) in [5.41, 5.74) is 3.97. The first-order chi connectivity index (χ1) is 10.1. The van der Waals surface area contributed by atoms with Gasteiger partial charge in [-0.3, -0.25) is 0 Å². The van der Waals surface area contributed by atoms with Crippen molar-refractivity contribution < 1.29 is 4.90 Å². The van der Waals surface area contributed by atoms with E-state index in [-0.39, 0.29) is 0 Å². The monoisotopic (exact) mass is 282 g/mol. The summed E-state index contributed by atoms with van der Waals surface area (Å²) in [7, 11) is 0. The van der Waals surface area contributed by atoms with Crippen molar-refractivity contribution in [2.75, 3.05) is 0 Å². The Morgan fingerprint density at radius 2 is 1.76 bits per heavy atom. The maximum absolute atomic E-state index is 4.12. The summed E-state index contributed by atoms with van der Waals surface area (Å²) in [6.45, 7) is 13.6. The first-order valence-corrected chi connectivity index (χ1v) is 7.91. The smallest absolute Gasteiger partial charge is 0.110 e. The lowest BCUT2D eigenvalue weighted by molar-refractivity contribution is -0.957. The van der Waals surface area contributed by atoms with Crippen LogP contribution >= 0.6 is 0 Å². The second-order valence-electron chi connectivity index (χ2n) is 6.53. The Labute approximate surface area is 129 Å². The summed E-state index contributed by atoms with van der Waals surface area (Å²) >= 11 is 0. The van der Waals surface area contributed by atoms with Gasteiger partial charge >= 0.3 is 0 Å². The molecule has 0 aliphatic carbocycles. The highest BCUT2D eigenvalue weighted by molar-refractivity contribution is 5.14. The molecule has 1 aromatic carbocycles. The Kier molecular flexibility index (Phi) is 5.58. The highest BCUT2D eigenvalue weighted by Gasteiger charge is 2.31. The van der Waals surface area contributed by atoms with Crippen molar-refractivity contribution in [2.24, 2.45) is 0 Å². The average molecular weight is 282 g/mol. The zero-order valence-corrected chi connectivity index (χ0v) is 13.4. The molecule has 1 N–H and O–H groups in total. The third-order valence-electron chi connectivity index (χ3n) is 4.20. The van der Waals surface area contributed by atoms with Crippen LogP contribution in [0.25, 0.3) is 0 Å². The van der Waals surface area contributed by atoms with Crippen LogP contribution in [0.4, 0.5) is 0 Å². The van der Waals surface area contributed by atoms with Crippen molar-refractivity contribution in [3.05, 3.63) is 72.4 Å². The zero-order chi connectivity index (χ0) is 15.2. The van der Waals surface area contributed by atoms with E-state index in [0.717, 1.165) is 25.8 Å². The van der Waals surface area contributed by atoms with Crippen LogP contribution in [-0.4, -0.2) is 12.1 Å². The minimum atomic E-state index is 0.542. The van der Waals surface area contributed by atoms with Gasteiger partial charge in [-0.25, -0.2) is 0 Å². The molecular formula is C20H28N+. The van der Waals surface area contributed by atoms with Crippen LogP contribution < -0.4 is 4.90 Å². The average Bonchev–Trinajstić information content (AvgIpc) is 2.42. The molecule has 1 heteroatoms. The number of nitrogens with one attached hydrogen (secondary N) is 1. The van der Waals surface area contributed by atoms with Gasteiger partial charge in [0.15, 0.2) is 0 Å². The zero-order valence-electron chi connectivity index (χ0n) is 13.4. The molecule has 1 aliphatic heterocycles. The Morgan fingerprint density at radius 3 is 2.38 bits per heavy atom. The van der Waals surface area contributed by atoms with Gasteiger partial charge in [-0.2, -0.15) is 0 Å². The topological polar surface area (TPSA) is 4.44 Å². The fraction of sp³-hybridized carbons (Fsp3) is 0.400. The highest BCUT2D eigenvalue weighted by atomic mass is 15.2. The molecule has 1 aliphatic rings. The van der Waals surface area contributed by atoms with E-state index in [1.54, 1.807) is 4.90 Å².